The van der Waals surface area contributed by atoms with Gasteiger partial charge in [-0.3, -0.25) is 0 Å². The van der Waals surface area contributed by atoms with Crippen molar-refractivity contribution in [1.29, 1.82) is 0 Å². The Labute approximate surface area is 152 Å². The Morgan fingerprint density at radius 2 is 1.84 bits per heavy atom. The van der Waals surface area contributed by atoms with Gasteiger partial charge in [-0.05, 0) is 35.9 Å². The van der Waals surface area contributed by atoms with Gasteiger partial charge in [0.05, 0.1) is 7.11 Å². The first-order valence-electron chi connectivity index (χ1n) is 7.94. The van der Waals surface area contributed by atoms with Crippen molar-refractivity contribution in [2.24, 2.45) is 0 Å². The Hall–Kier alpha value is -2.72. The van der Waals surface area contributed by atoms with Gasteiger partial charge in [0.2, 0.25) is 0 Å². The fourth-order valence-corrected chi connectivity index (χ4v) is 2.56. The van der Waals surface area contributed by atoms with Crippen LogP contribution in [0.2, 0.25) is 5.02 Å². The molecule has 0 aliphatic rings. The highest BCUT2D eigenvalue weighted by atomic mass is 35.5. The third kappa shape index (κ3) is 4.64. The molecule has 3 rings (SSSR count). The van der Waals surface area contributed by atoms with Crippen LogP contribution in [0.3, 0.4) is 0 Å². The number of methoxy groups -OCH3 is 1. The largest absolute Gasteiger partial charge is 0.493 e. The number of nitrogens with one attached hydrogen (secondary N) is 1. The number of rotatable bonds is 7. The first-order chi connectivity index (χ1) is 12.3. The van der Waals surface area contributed by atoms with E-state index in [0.717, 1.165) is 16.9 Å². The molecule has 3 aromatic rings. The van der Waals surface area contributed by atoms with E-state index in [1.807, 2.05) is 60.7 Å². The van der Waals surface area contributed by atoms with Crippen LogP contribution in [0.5, 0.6) is 11.5 Å². The van der Waals surface area contributed by atoms with E-state index in [0.29, 0.717) is 29.7 Å². The van der Waals surface area contributed by atoms with Crippen molar-refractivity contribution >= 4 is 17.4 Å². The molecule has 5 heteroatoms. The molecular formula is C20H19ClN2O2. The van der Waals surface area contributed by atoms with Gasteiger partial charge in [-0.15, -0.1) is 0 Å². The third-order valence-corrected chi connectivity index (χ3v) is 4.08. The summed E-state index contributed by atoms with van der Waals surface area (Å²) in [7, 11) is 1.63. The van der Waals surface area contributed by atoms with Crippen molar-refractivity contribution < 1.29 is 9.47 Å². The Morgan fingerprint density at radius 3 is 2.60 bits per heavy atom. The standard InChI is InChI=1S/C20H19ClN2O2/c1-24-19-12-15(13-23-20-8-4-5-11-22-20)9-10-18(19)25-14-16-6-2-3-7-17(16)21/h2-12H,13-14H2,1H3,(H,22,23). The van der Waals surface area contributed by atoms with Gasteiger partial charge < -0.3 is 14.8 Å². The lowest BCUT2D eigenvalue weighted by atomic mass is 10.2. The molecule has 0 bridgehead atoms. The summed E-state index contributed by atoms with van der Waals surface area (Å²) < 4.78 is 11.3. The molecule has 1 N–H and O–H groups in total. The summed E-state index contributed by atoms with van der Waals surface area (Å²) in [6, 6.07) is 19.3. The van der Waals surface area contributed by atoms with Gasteiger partial charge >= 0.3 is 0 Å². The minimum Gasteiger partial charge on any atom is -0.493 e. The summed E-state index contributed by atoms with van der Waals surface area (Å²) in [5, 5.41) is 3.96. The second kappa shape index (κ2) is 8.40. The van der Waals surface area contributed by atoms with Crippen LogP contribution in [0, 0.1) is 0 Å². The van der Waals surface area contributed by atoms with E-state index in [9.17, 15) is 0 Å². The molecule has 2 aromatic carbocycles. The average Bonchev–Trinajstić information content (AvgIpc) is 2.67. The number of nitrogens with zero attached hydrogens (tertiary/aromatic N) is 1. The fourth-order valence-electron chi connectivity index (χ4n) is 2.37. The van der Waals surface area contributed by atoms with Gasteiger partial charge in [-0.25, -0.2) is 4.98 Å². The highest BCUT2D eigenvalue weighted by molar-refractivity contribution is 6.31. The molecule has 0 spiro atoms. The summed E-state index contributed by atoms with van der Waals surface area (Å²) in [6.07, 6.45) is 1.76. The van der Waals surface area contributed by atoms with Crippen LogP contribution < -0.4 is 14.8 Å². The van der Waals surface area contributed by atoms with Gasteiger partial charge in [-0.1, -0.05) is 41.9 Å². The van der Waals surface area contributed by atoms with Gasteiger partial charge in [0.25, 0.3) is 0 Å². The van der Waals surface area contributed by atoms with Crippen molar-refractivity contribution in [2.75, 3.05) is 12.4 Å². The second-order valence-electron chi connectivity index (χ2n) is 5.43. The number of aromatic nitrogens is 1. The van der Waals surface area contributed by atoms with E-state index >= 15 is 0 Å². The van der Waals surface area contributed by atoms with Crippen LogP contribution in [0.4, 0.5) is 5.82 Å². The maximum Gasteiger partial charge on any atom is 0.161 e. The molecular weight excluding hydrogens is 336 g/mol. The molecule has 1 aromatic heterocycles. The molecule has 1 heterocycles. The van der Waals surface area contributed by atoms with Crippen LogP contribution in [0.15, 0.2) is 66.9 Å². The number of ether oxygens (including phenoxy) is 2. The lowest BCUT2D eigenvalue weighted by molar-refractivity contribution is 0.284. The number of hydrogen-bond acceptors (Lipinski definition) is 4. The van der Waals surface area contributed by atoms with E-state index in [2.05, 4.69) is 10.3 Å². The summed E-state index contributed by atoms with van der Waals surface area (Å²) in [5.74, 6) is 2.21. The molecule has 25 heavy (non-hydrogen) atoms. The van der Waals surface area contributed by atoms with Crippen molar-refractivity contribution in [3.8, 4) is 11.5 Å². The fraction of sp³-hybridized carbons (Fsp3) is 0.150. The molecule has 0 unspecified atom stereocenters. The monoisotopic (exact) mass is 354 g/mol. The maximum atomic E-state index is 6.16. The van der Waals surface area contributed by atoms with Crippen LogP contribution in [-0.2, 0) is 13.2 Å². The van der Waals surface area contributed by atoms with Crippen molar-refractivity contribution in [3.05, 3.63) is 83.0 Å². The minimum atomic E-state index is 0.390. The van der Waals surface area contributed by atoms with Crippen LogP contribution in [0.25, 0.3) is 0 Å². The zero-order chi connectivity index (χ0) is 17.5. The van der Waals surface area contributed by atoms with Crippen LogP contribution in [-0.4, -0.2) is 12.1 Å². The molecule has 0 radical (unpaired) electrons. The highest BCUT2D eigenvalue weighted by Crippen LogP contribution is 2.29. The van der Waals surface area contributed by atoms with Crippen molar-refractivity contribution in [3.63, 3.8) is 0 Å². The number of anilines is 1. The summed E-state index contributed by atoms with van der Waals surface area (Å²) >= 11 is 6.16. The lowest BCUT2D eigenvalue weighted by Crippen LogP contribution is -2.02. The topological polar surface area (TPSA) is 43.4 Å². The van der Waals surface area contributed by atoms with E-state index in [-0.39, 0.29) is 0 Å². The Morgan fingerprint density at radius 1 is 1.00 bits per heavy atom. The summed E-state index contributed by atoms with van der Waals surface area (Å²) in [6.45, 7) is 1.04. The Bertz CT molecular complexity index is 825. The smallest absolute Gasteiger partial charge is 0.161 e. The molecule has 0 amide bonds. The normalized spacial score (nSPS) is 10.3. The molecule has 128 valence electrons. The van der Waals surface area contributed by atoms with E-state index < -0.39 is 0 Å². The van der Waals surface area contributed by atoms with E-state index in [1.54, 1.807) is 13.3 Å². The second-order valence-corrected chi connectivity index (χ2v) is 5.84. The molecule has 0 aliphatic heterocycles. The van der Waals surface area contributed by atoms with E-state index in [4.69, 9.17) is 21.1 Å². The zero-order valence-electron chi connectivity index (χ0n) is 13.9. The SMILES string of the molecule is COc1cc(CNc2ccccn2)ccc1OCc1ccccc1Cl. The predicted molar refractivity (Wildman–Crippen MR) is 100 cm³/mol. The molecule has 0 saturated carbocycles. The molecule has 0 atom stereocenters. The minimum absolute atomic E-state index is 0.390. The molecule has 0 saturated heterocycles. The van der Waals surface area contributed by atoms with Gasteiger partial charge in [0.1, 0.15) is 12.4 Å². The zero-order valence-corrected chi connectivity index (χ0v) is 14.7. The third-order valence-electron chi connectivity index (χ3n) is 3.71. The van der Waals surface area contributed by atoms with Gasteiger partial charge in [-0.2, -0.15) is 0 Å². The summed E-state index contributed by atoms with van der Waals surface area (Å²) in [4.78, 5) is 4.25. The number of hydrogen-bond donors (Lipinski definition) is 1. The van der Waals surface area contributed by atoms with Gasteiger partial charge in [0.15, 0.2) is 11.5 Å². The van der Waals surface area contributed by atoms with Crippen LogP contribution in [0.1, 0.15) is 11.1 Å². The Balaban J connectivity index is 1.66. The quantitative estimate of drug-likeness (QED) is 0.653. The first kappa shape index (κ1) is 17.1. The average molecular weight is 355 g/mol. The molecule has 0 aliphatic carbocycles. The number of pyridine rings is 1. The lowest BCUT2D eigenvalue weighted by Gasteiger charge is -2.13. The predicted octanol–water partition coefficient (Wildman–Crippen LogP) is 4.93. The molecule has 0 fully saturated rings. The molecule has 4 nitrogen and oxygen atoms in total. The summed E-state index contributed by atoms with van der Waals surface area (Å²) in [5.41, 5.74) is 2.01. The van der Waals surface area contributed by atoms with Crippen LogP contribution >= 0.6 is 11.6 Å². The maximum absolute atomic E-state index is 6.16. The Kier molecular flexibility index (Phi) is 5.75. The van der Waals surface area contributed by atoms with Gasteiger partial charge in [0, 0.05) is 23.3 Å². The first-order valence-corrected chi connectivity index (χ1v) is 8.32. The number of benzene rings is 2. The highest BCUT2D eigenvalue weighted by Gasteiger charge is 2.08. The van der Waals surface area contributed by atoms with Crippen molar-refractivity contribution in [2.45, 2.75) is 13.2 Å². The van der Waals surface area contributed by atoms with Crippen molar-refractivity contribution in [1.82, 2.24) is 4.98 Å². The van der Waals surface area contributed by atoms with E-state index in [1.165, 1.54) is 0 Å². The number of halogens is 1.